The monoisotopic (exact) mass is 374 g/mol. The summed E-state index contributed by atoms with van der Waals surface area (Å²) >= 11 is 0.738. The Labute approximate surface area is 152 Å². The number of carbonyl (C=O) groups excluding carboxylic acids is 5. The second-order valence-electron chi connectivity index (χ2n) is 4.99. The number of hydrogen-bond donors (Lipinski definition) is 1. The zero-order chi connectivity index (χ0) is 19.4. The molecule has 0 saturated carbocycles. The van der Waals surface area contributed by atoms with Crippen molar-refractivity contribution in [2.24, 2.45) is 0 Å². The fourth-order valence-corrected chi connectivity index (χ4v) is 2.68. The number of amides is 2. The second kappa shape index (κ2) is 12.5. The van der Waals surface area contributed by atoms with Crippen molar-refractivity contribution in [3.05, 3.63) is 0 Å². The smallest absolute Gasteiger partial charge is 0.375 e. The standard InChI is InChI=1S/C16H26N2O6S/c1-5-13(20)17-11(15(22)18(6-2)7-3)10-25-14(21)9-12(19)16(23)24-8-4/h11H,5-10H2,1-4H3,(H,17,20). The van der Waals surface area contributed by atoms with E-state index in [0.717, 1.165) is 11.8 Å². The summed E-state index contributed by atoms with van der Waals surface area (Å²) in [6.45, 7) is 7.86. The van der Waals surface area contributed by atoms with Crippen molar-refractivity contribution in [1.82, 2.24) is 10.2 Å². The first kappa shape index (κ1) is 23.1. The second-order valence-corrected chi connectivity index (χ2v) is 6.06. The third kappa shape index (κ3) is 8.67. The van der Waals surface area contributed by atoms with Crippen LogP contribution in [0, 0.1) is 0 Å². The number of carbonyl (C=O) groups is 5. The molecule has 0 aromatic rings. The van der Waals surface area contributed by atoms with E-state index in [1.807, 2.05) is 13.8 Å². The SMILES string of the molecule is CCOC(=O)C(=O)CC(=O)SCC(NC(=O)CC)C(=O)N(CC)CC. The van der Waals surface area contributed by atoms with Gasteiger partial charge in [-0.15, -0.1) is 0 Å². The van der Waals surface area contributed by atoms with Gasteiger partial charge in [0.15, 0.2) is 5.12 Å². The first-order valence-corrected chi connectivity index (χ1v) is 9.22. The zero-order valence-corrected chi connectivity index (χ0v) is 15.9. The number of ether oxygens (including phenoxy) is 1. The summed E-state index contributed by atoms with van der Waals surface area (Å²) in [5.74, 6) is -2.57. The van der Waals surface area contributed by atoms with Gasteiger partial charge >= 0.3 is 5.97 Å². The van der Waals surface area contributed by atoms with Crippen molar-refractivity contribution in [2.45, 2.75) is 46.6 Å². The van der Waals surface area contributed by atoms with Crippen molar-refractivity contribution in [3.63, 3.8) is 0 Å². The third-order valence-corrected chi connectivity index (χ3v) is 4.21. The van der Waals surface area contributed by atoms with Gasteiger partial charge in [0.25, 0.3) is 0 Å². The predicted molar refractivity (Wildman–Crippen MR) is 93.9 cm³/mol. The molecule has 142 valence electrons. The molecule has 25 heavy (non-hydrogen) atoms. The Hall–Kier alpha value is -1.90. The molecule has 0 bridgehead atoms. The Morgan fingerprint density at radius 2 is 1.64 bits per heavy atom. The van der Waals surface area contributed by atoms with Crippen LogP contribution in [-0.4, -0.2) is 65.1 Å². The predicted octanol–water partition coefficient (Wildman–Crippen LogP) is 0.532. The van der Waals surface area contributed by atoms with Crippen LogP contribution >= 0.6 is 11.8 Å². The minimum atomic E-state index is -1.05. The highest BCUT2D eigenvalue weighted by Crippen LogP contribution is 2.11. The van der Waals surface area contributed by atoms with Crippen LogP contribution in [0.5, 0.6) is 0 Å². The number of likely N-dealkylation sites (N-methyl/N-ethyl adjacent to an activating group) is 1. The van der Waals surface area contributed by atoms with Gasteiger partial charge in [-0.25, -0.2) is 4.79 Å². The lowest BCUT2D eigenvalue weighted by molar-refractivity contribution is -0.154. The van der Waals surface area contributed by atoms with E-state index in [2.05, 4.69) is 10.1 Å². The maximum atomic E-state index is 12.4. The highest BCUT2D eigenvalue weighted by Gasteiger charge is 2.26. The van der Waals surface area contributed by atoms with Gasteiger partial charge in [-0.2, -0.15) is 0 Å². The van der Waals surface area contributed by atoms with E-state index in [-0.39, 0.29) is 30.6 Å². The van der Waals surface area contributed by atoms with Gasteiger partial charge in [-0.05, 0) is 20.8 Å². The number of hydrogen-bond acceptors (Lipinski definition) is 7. The molecule has 0 radical (unpaired) electrons. The van der Waals surface area contributed by atoms with Gasteiger partial charge in [0.05, 0.1) is 13.0 Å². The number of esters is 1. The van der Waals surface area contributed by atoms with E-state index in [1.54, 1.807) is 18.7 Å². The molecule has 1 atom stereocenters. The van der Waals surface area contributed by atoms with Gasteiger partial charge in [0.2, 0.25) is 17.6 Å². The summed E-state index contributed by atoms with van der Waals surface area (Å²) in [7, 11) is 0. The lowest BCUT2D eigenvalue weighted by Crippen LogP contribution is -2.50. The molecule has 0 rings (SSSR count). The molecule has 0 spiro atoms. The molecule has 1 N–H and O–H groups in total. The van der Waals surface area contributed by atoms with E-state index >= 15 is 0 Å². The van der Waals surface area contributed by atoms with E-state index in [9.17, 15) is 24.0 Å². The lowest BCUT2D eigenvalue weighted by atomic mass is 10.2. The van der Waals surface area contributed by atoms with Crippen LogP contribution < -0.4 is 5.32 Å². The van der Waals surface area contributed by atoms with E-state index in [1.165, 1.54) is 0 Å². The van der Waals surface area contributed by atoms with Crippen LogP contribution in [0.25, 0.3) is 0 Å². The molecule has 9 heteroatoms. The van der Waals surface area contributed by atoms with Gasteiger partial charge in [-0.1, -0.05) is 18.7 Å². The third-order valence-electron chi connectivity index (χ3n) is 3.25. The van der Waals surface area contributed by atoms with Crippen molar-refractivity contribution < 1.29 is 28.7 Å². The first-order valence-electron chi connectivity index (χ1n) is 8.24. The molecule has 0 aliphatic rings. The van der Waals surface area contributed by atoms with Crippen molar-refractivity contribution >= 4 is 40.4 Å². The quantitative estimate of drug-likeness (QED) is 0.319. The number of ketones is 1. The number of thioether (sulfide) groups is 1. The van der Waals surface area contributed by atoms with Gasteiger partial charge < -0.3 is 15.0 Å². The van der Waals surface area contributed by atoms with Gasteiger partial charge in [0.1, 0.15) is 6.04 Å². The van der Waals surface area contributed by atoms with Crippen LogP contribution in [0.1, 0.15) is 40.5 Å². The minimum Gasteiger partial charge on any atom is -0.460 e. The van der Waals surface area contributed by atoms with Crippen molar-refractivity contribution in [3.8, 4) is 0 Å². The van der Waals surface area contributed by atoms with E-state index < -0.39 is 29.3 Å². The molecule has 0 heterocycles. The molecule has 0 aromatic heterocycles. The molecule has 0 fully saturated rings. The zero-order valence-electron chi connectivity index (χ0n) is 15.1. The Morgan fingerprint density at radius 1 is 1.04 bits per heavy atom. The summed E-state index contributed by atoms with van der Waals surface area (Å²) in [6.07, 6.45) is -0.389. The Morgan fingerprint density at radius 3 is 2.12 bits per heavy atom. The molecule has 0 aliphatic carbocycles. The van der Waals surface area contributed by atoms with Crippen molar-refractivity contribution in [2.75, 3.05) is 25.4 Å². The summed E-state index contributed by atoms with van der Waals surface area (Å²) in [6, 6.07) is -0.862. The first-order chi connectivity index (χ1) is 11.8. The number of rotatable bonds is 11. The minimum absolute atomic E-state index is 0.00396. The Kier molecular flexibility index (Phi) is 11.5. The normalized spacial score (nSPS) is 11.4. The maximum Gasteiger partial charge on any atom is 0.375 e. The molecule has 0 aromatic carbocycles. The maximum absolute atomic E-state index is 12.4. The molecular formula is C16H26N2O6S. The van der Waals surface area contributed by atoms with Crippen molar-refractivity contribution in [1.29, 1.82) is 0 Å². The highest BCUT2D eigenvalue weighted by atomic mass is 32.2. The summed E-state index contributed by atoms with van der Waals surface area (Å²) in [5.41, 5.74) is 0. The largest absolute Gasteiger partial charge is 0.460 e. The summed E-state index contributed by atoms with van der Waals surface area (Å²) in [5, 5.41) is 2.03. The topological polar surface area (TPSA) is 110 Å². The average Bonchev–Trinajstić information content (AvgIpc) is 2.59. The number of Topliss-reactive ketones (excluding diaryl/α,β-unsaturated/α-hetero) is 1. The molecule has 1 unspecified atom stereocenters. The van der Waals surface area contributed by atoms with E-state index in [4.69, 9.17) is 0 Å². The fourth-order valence-electron chi connectivity index (χ4n) is 1.87. The molecule has 8 nitrogen and oxygen atoms in total. The van der Waals surface area contributed by atoms with E-state index in [0.29, 0.717) is 13.1 Å². The van der Waals surface area contributed by atoms with Crippen LogP contribution in [0.15, 0.2) is 0 Å². The number of nitrogens with one attached hydrogen (secondary N) is 1. The molecular weight excluding hydrogens is 348 g/mol. The average molecular weight is 374 g/mol. The van der Waals surface area contributed by atoms with Crippen LogP contribution in [0.2, 0.25) is 0 Å². The number of nitrogens with zero attached hydrogens (tertiary/aromatic N) is 1. The van der Waals surface area contributed by atoms with Crippen LogP contribution in [-0.2, 0) is 28.7 Å². The molecule has 0 aliphatic heterocycles. The Balaban J connectivity index is 4.77. The highest BCUT2D eigenvalue weighted by molar-refractivity contribution is 8.13. The molecule has 0 saturated heterocycles. The fraction of sp³-hybridized carbons (Fsp3) is 0.688. The molecule has 2 amide bonds. The van der Waals surface area contributed by atoms with Gasteiger partial charge in [0, 0.05) is 25.3 Å². The van der Waals surface area contributed by atoms with Gasteiger partial charge in [-0.3, -0.25) is 19.2 Å². The lowest BCUT2D eigenvalue weighted by Gasteiger charge is -2.25. The van der Waals surface area contributed by atoms with Crippen LogP contribution in [0.3, 0.4) is 0 Å². The summed E-state index contributed by atoms with van der Waals surface area (Å²) in [4.78, 5) is 60.2. The van der Waals surface area contributed by atoms with Crippen LogP contribution in [0.4, 0.5) is 0 Å². The Bertz CT molecular complexity index is 505. The summed E-state index contributed by atoms with van der Waals surface area (Å²) < 4.78 is 4.53.